The third-order valence-electron chi connectivity index (χ3n) is 1.97. The van der Waals surface area contributed by atoms with Gasteiger partial charge in [0.05, 0.1) is 5.75 Å². The zero-order valence-corrected chi connectivity index (χ0v) is 11.0. The molecule has 0 aliphatic heterocycles. The number of hydrogen-bond acceptors (Lipinski definition) is 4. The molecule has 4 nitrogen and oxygen atoms in total. The summed E-state index contributed by atoms with van der Waals surface area (Å²) in [7, 11) is -4.12. The molecule has 0 unspecified atom stereocenters. The lowest BCUT2D eigenvalue weighted by Crippen LogP contribution is -2.32. The Bertz CT molecular complexity index is 528. The number of benzene rings is 1. The molecule has 0 aliphatic rings. The van der Waals surface area contributed by atoms with Crippen LogP contribution in [0.25, 0.3) is 0 Å². The van der Waals surface area contributed by atoms with E-state index in [4.69, 9.17) is 0 Å². The summed E-state index contributed by atoms with van der Waals surface area (Å²) in [5.41, 5.74) is 0.213. The Kier molecular flexibility index (Phi) is 4.53. The fourth-order valence-corrected chi connectivity index (χ4v) is 2.76. The van der Waals surface area contributed by atoms with Crippen LogP contribution in [0.2, 0.25) is 0 Å². The van der Waals surface area contributed by atoms with Crippen molar-refractivity contribution in [1.82, 2.24) is 4.72 Å². The molecule has 17 heavy (non-hydrogen) atoms. The van der Waals surface area contributed by atoms with Gasteiger partial charge in [-0.2, -0.15) is 11.8 Å². The molecule has 1 aromatic rings. The van der Waals surface area contributed by atoms with Crippen LogP contribution in [0.5, 0.6) is 0 Å². The molecule has 0 aliphatic carbocycles. The number of aryl methyl sites for hydroxylation is 1. The minimum atomic E-state index is -4.12. The summed E-state index contributed by atoms with van der Waals surface area (Å²) >= 11 is 1.18. The normalized spacial score (nSPS) is 11.2. The number of rotatable bonds is 4. The Hall–Kier alpha value is -1.08. The molecule has 94 valence electrons. The first kappa shape index (κ1) is 14.0. The number of amides is 1. The summed E-state index contributed by atoms with van der Waals surface area (Å²) in [4.78, 5) is 10.7. The Balaban J connectivity index is 3.06. The Labute approximate surface area is 104 Å². The summed E-state index contributed by atoms with van der Waals surface area (Å²) in [6.45, 7) is 1.46. The second kappa shape index (κ2) is 5.50. The van der Waals surface area contributed by atoms with Crippen molar-refractivity contribution in [2.45, 2.75) is 11.8 Å². The quantitative estimate of drug-likeness (QED) is 0.901. The topological polar surface area (TPSA) is 63.2 Å². The minimum absolute atomic E-state index is 0.00661. The average molecular weight is 277 g/mol. The molecule has 1 N–H and O–H groups in total. The van der Waals surface area contributed by atoms with Gasteiger partial charge in [0.1, 0.15) is 10.7 Å². The molecule has 1 aromatic carbocycles. The Morgan fingerprint density at radius 3 is 2.71 bits per heavy atom. The van der Waals surface area contributed by atoms with E-state index in [1.54, 1.807) is 6.26 Å². The first-order chi connectivity index (χ1) is 7.88. The maximum absolute atomic E-state index is 13.6. The highest BCUT2D eigenvalue weighted by molar-refractivity contribution is 7.99. The molecule has 0 spiro atoms. The minimum Gasteiger partial charge on any atom is -0.273 e. The van der Waals surface area contributed by atoms with Crippen molar-refractivity contribution < 1.29 is 17.6 Å². The summed E-state index contributed by atoms with van der Waals surface area (Å²) < 4.78 is 38.8. The van der Waals surface area contributed by atoms with Gasteiger partial charge < -0.3 is 0 Å². The van der Waals surface area contributed by atoms with Crippen molar-refractivity contribution in [2.75, 3.05) is 12.0 Å². The Morgan fingerprint density at radius 2 is 2.12 bits per heavy atom. The van der Waals surface area contributed by atoms with Gasteiger partial charge in [0.2, 0.25) is 5.91 Å². The third-order valence-corrected chi connectivity index (χ3v) is 3.91. The van der Waals surface area contributed by atoms with E-state index in [1.165, 1.54) is 30.8 Å². The van der Waals surface area contributed by atoms with E-state index in [-0.39, 0.29) is 11.3 Å². The van der Waals surface area contributed by atoms with Crippen LogP contribution in [0.4, 0.5) is 4.39 Å². The SMILES string of the molecule is CSCC(=O)NS(=O)(=O)c1cccc(C)c1F. The van der Waals surface area contributed by atoms with Gasteiger partial charge in [-0.15, -0.1) is 0 Å². The molecular weight excluding hydrogens is 265 g/mol. The molecule has 0 aromatic heterocycles. The zero-order valence-electron chi connectivity index (χ0n) is 9.36. The van der Waals surface area contributed by atoms with Crippen molar-refractivity contribution in [1.29, 1.82) is 0 Å². The van der Waals surface area contributed by atoms with Crippen LogP contribution in [-0.2, 0) is 14.8 Å². The van der Waals surface area contributed by atoms with E-state index in [9.17, 15) is 17.6 Å². The number of sulfonamides is 1. The summed E-state index contributed by atoms with van der Waals surface area (Å²) in [5.74, 6) is -1.50. The lowest BCUT2D eigenvalue weighted by molar-refractivity contribution is -0.116. The number of halogens is 1. The molecule has 0 saturated heterocycles. The molecule has 1 rings (SSSR count). The zero-order chi connectivity index (χ0) is 13.1. The molecule has 1 amide bonds. The maximum atomic E-state index is 13.6. The molecule has 7 heteroatoms. The van der Waals surface area contributed by atoms with Gasteiger partial charge in [-0.05, 0) is 24.8 Å². The highest BCUT2D eigenvalue weighted by Crippen LogP contribution is 2.17. The van der Waals surface area contributed by atoms with Crippen LogP contribution < -0.4 is 4.72 Å². The number of nitrogens with one attached hydrogen (secondary N) is 1. The smallest absolute Gasteiger partial charge is 0.266 e. The number of hydrogen-bond donors (Lipinski definition) is 1. The van der Waals surface area contributed by atoms with Gasteiger partial charge >= 0.3 is 0 Å². The summed E-state index contributed by atoms with van der Waals surface area (Å²) in [5, 5.41) is 0. The van der Waals surface area contributed by atoms with Crippen molar-refractivity contribution in [3.8, 4) is 0 Å². The van der Waals surface area contributed by atoms with Crippen LogP contribution in [-0.4, -0.2) is 26.3 Å². The second-order valence-electron chi connectivity index (χ2n) is 3.35. The largest absolute Gasteiger partial charge is 0.273 e. The fourth-order valence-electron chi connectivity index (χ4n) is 1.19. The first-order valence-corrected chi connectivity index (χ1v) is 7.56. The highest BCUT2D eigenvalue weighted by atomic mass is 32.2. The maximum Gasteiger partial charge on any atom is 0.266 e. The summed E-state index contributed by atoms with van der Waals surface area (Å²) in [6, 6.07) is 4.00. The molecule has 0 radical (unpaired) electrons. The lowest BCUT2D eigenvalue weighted by atomic mass is 10.2. The number of thioether (sulfide) groups is 1. The lowest BCUT2D eigenvalue weighted by Gasteiger charge is -2.08. The number of carbonyl (C=O) groups is 1. The average Bonchev–Trinajstić information content (AvgIpc) is 2.21. The van der Waals surface area contributed by atoms with Crippen molar-refractivity contribution in [3.63, 3.8) is 0 Å². The van der Waals surface area contributed by atoms with E-state index in [0.29, 0.717) is 0 Å². The van der Waals surface area contributed by atoms with Gasteiger partial charge in [0.15, 0.2) is 0 Å². The van der Waals surface area contributed by atoms with Gasteiger partial charge in [0.25, 0.3) is 10.0 Å². The first-order valence-electron chi connectivity index (χ1n) is 4.68. The second-order valence-corrected chi connectivity index (χ2v) is 5.87. The van der Waals surface area contributed by atoms with Crippen LogP contribution in [0.15, 0.2) is 23.1 Å². The monoisotopic (exact) mass is 277 g/mol. The van der Waals surface area contributed by atoms with Crippen LogP contribution in [0, 0.1) is 12.7 Å². The van der Waals surface area contributed by atoms with Gasteiger partial charge in [0, 0.05) is 0 Å². The molecular formula is C10H12FNO3S2. The van der Waals surface area contributed by atoms with Gasteiger partial charge in [-0.25, -0.2) is 17.5 Å². The molecule has 0 heterocycles. The van der Waals surface area contributed by atoms with E-state index in [2.05, 4.69) is 0 Å². The highest BCUT2D eigenvalue weighted by Gasteiger charge is 2.21. The molecule has 0 atom stereocenters. The van der Waals surface area contributed by atoms with Gasteiger partial charge in [-0.3, -0.25) is 4.79 Å². The van der Waals surface area contributed by atoms with Gasteiger partial charge in [-0.1, -0.05) is 12.1 Å². The van der Waals surface area contributed by atoms with E-state index >= 15 is 0 Å². The predicted octanol–water partition coefficient (Wildman–Crippen LogP) is 1.30. The Morgan fingerprint density at radius 1 is 1.47 bits per heavy atom. The van der Waals surface area contributed by atoms with Crippen molar-refractivity contribution in [3.05, 3.63) is 29.6 Å². The summed E-state index contributed by atoms with van der Waals surface area (Å²) in [6.07, 6.45) is 1.67. The van der Waals surface area contributed by atoms with Crippen LogP contribution >= 0.6 is 11.8 Å². The van der Waals surface area contributed by atoms with Crippen molar-refractivity contribution >= 4 is 27.7 Å². The number of carbonyl (C=O) groups excluding carboxylic acids is 1. The molecule has 0 saturated carbocycles. The van der Waals surface area contributed by atoms with E-state index in [1.807, 2.05) is 4.72 Å². The molecule has 0 fully saturated rings. The fraction of sp³-hybridized carbons (Fsp3) is 0.300. The van der Waals surface area contributed by atoms with Crippen LogP contribution in [0.1, 0.15) is 5.56 Å². The van der Waals surface area contributed by atoms with Crippen molar-refractivity contribution in [2.24, 2.45) is 0 Å². The van der Waals surface area contributed by atoms with E-state index in [0.717, 1.165) is 6.07 Å². The third kappa shape index (κ3) is 3.44. The standard InChI is InChI=1S/C10H12FNO3S2/c1-7-4-3-5-8(10(7)11)17(14,15)12-9(13)6-16-2/h3-5H,6H2,1-2H3,(H,12,13). The van der Waals surface area contributed by atoms with Crippen LogP contribution in [0.3, 0.4) is 0 Å². The van der Waals surface area contributed by atoms with E-state index < -0.39 is 26.6 Å². The molecule has 0 bridgehead atoms. The predicted molar refractivity (Wildman–Crippen MR) is 64.8 cm³/mol.